The summed E-state index contributed by atoms with van der Waals surface area (Å²) in [5.41, 5.74) is 2.33. The van der Waals surface area contributed by atoms with Crippen LogP contribution in [0.5, 0.6) is 0 Å². The summed E-state index contributed by atoms with van der Waals surface area (Å²) in [7, 11) is 1.31. The Morgan fingerprint density at radius 2 is 1.79 bits per heavy atom. The highest BCUT2D eigenvalue weighted by molar-refractivity contribution is 6.09. The van der Waals surface area contributed by atoms with E-state index in [2.05, 4.69) is 5.32 Å². The number of methoxy groups -OCH3 is 1. The normalized spacial score (nSPS) is 10.9. The molecule has 0 aliphatic carbocycles. The molecule has 3 aromatic rings. The van der Waals surface area contributed by atoms with E-state index in [1.165, 1.54) is 13.2 Å². The Labute approximate surface area is 168 Å². The lowest BCUT2D eigenvalue weighted by Crippen LogP contribution is -2.14. The van der Waals surface area contributed by atoms with Gasteiger partial charge in [0.1, 0.15) is 23.2 Å². The molecule has 0 fully saturated rings. The standard InChI is InChI=1S/C23H18N2O4/c1-15-7-3-6-10-20(15)25-22(26)16(14-24)13-17-11-12-21(29-17)18-8-4-5-9-19(18)23(27)28-2/h3-13H,1-2H3,(H,25,26)/b16-13+. The average Bonchev–Trinajstić information content (AvgIpc) is 3.21. The van der Waals surface area contributed by atoms with Gasteiger partial charge in [-0.15, -0.1) is 0 Å². The number of amides is 1. The van der Waals surface area contributed by atoms with Gasteiger partial charge in [0.05, 0.1) is 12.7 Å². The molecule has 1 heterocycles. The number of anilines is 1. The minimum absolute atomic E-state index is 0.101. The molecular formula is C23H18N2O4. The summed E-state index contributed by atoms with van der Waals surface area (Å²) >= 11 is 0. The van der Waals surface area contributed by atoms with Crippen molar-refractivity contribution in [3.8, 4) is 17.4 Å². The maximum atomic E-state index is 12.5. The average molecular weight is 386 g/mol. The van der Waals surface area contributed by atoms with E-state index in [9.17, 15) is 14.9 Å². The van der Waals surface area contributed by atoms with Gasteiger partial charge in [-0.2, -0.15) is 5.26 Å². The summed E-state index contributed by atoms with van der Waals surface area (Å²) in [6.07, 6.45) is 1.36. The maximum absolute atomic E-state index is 12.5. The summed E-state index contributed by atoms with van der Waals surface area (Å²) in [5.74, 6) is -0.274. The molecule has 29 heavy (non-hydrogen) atoms. The van der Waals surface area contributed by atoms with Crippen LogP contribution in [0.4, 0.5) is 5.69 Å². The molecule has 0 aliphatic heterocycles. The molecule has 0 aliphatic rings. The lowest BCUT2D eigenvalue weighted by atomic mass is 10.1. The molecular weight excluding hydrogens is 368 g/mol. The first kappa shape index (κ1) is 19.6. The smallest absolute Gasteiger partial charge is 0.338 e. The monoisotopic (exact) mass is 386 g/mol. The van der Waals surface area contributed by atoms with Crippen molar-refractivity contribution in [2.75, 3.05) is 12.4 Å². The van der Waals surface area contributed by atoms with Crippen LogP contribution in [-0.2, 0) is 9.53 Å². The van der Waals surface area contributed by atoms with Crippen LogP contribution in [0.25, 0.3) is 17.4 Å². The number of benzene rings is 2. The van der Waals surface area contributed by atoms with Crippen LogP contribution >= 0.6 is 0 Å². The maximum Gasteiger partial charge on any atom is 0.338 e. The van der Waals surface area contributed by atoms with E-state index in [0.717, 1.165) is 5.56 Å². The molecule has 0 unspecified atom stereocenters. The van der Waals surface area contributed by atoms with Crippen LogP contribution in [0.2, 0.25) is 0 Å². The fourth-order valence-electron chi connectivity index (χ4n) is 2.75. The molecule has 0 saturated carbocycles. The molecule has 0 saturated heterocycles. The molecule has 6 heteroatoms. The number of aryl methyl sites for hydroxylation is 1. The van der Waals surface area contributed by atoms with Gasteiger partial charge in [0, 0.05) is 17.3 Å². The highest BCUT2D eigenvalue weighted by Crippen LogP contribution is 2.27. The van der Waals surface area contributed by atoms with Crippen molar-refractivity contribution < 1.29 is 18.7 Å². The van der Waals surface area contributed by atoms with Gasteiger partial charge in [0.25, 0.3) is 5.91 Å². The molecule has 0 radical (unpaired) electrons. The van der Waals surface area contributed by atoms with Crippen molar-refractivity contribution in [2.24, 2.45) is 0 Å². The third-order valence-corrected chi connectivity index (χ3v) is 4.27. The zero-order valence-corrected chi connectivity index (χ0v) is 15.9. The molecule has 6 nitrogen and oxygen atoms in total. The number of hydrogen-bond acceptors (Lipinski definition) is 5. The van der Waals surface area contributed by atoms with Crippen molar-refractivity contribution in [1.29, 1.82) is 5.26 Å². The zero-order valence-electron chi connectivity index (χ0n) is 15.9. The third kappa shape index (κ3) is 4.42. The van der Waals surface area contributed by atoms with Gasteiger partial charge in [0.2, 0.25) is 0 Å². The van der Waals surface area contributed by atoms with Crippen LogP contribution in [0.1, 0.15) is 21.7 Å². The third-order valence-electron chi connectivity index (χ3n) is 4.27. The lowest BCUT2D eigenvalue weighted by Gasteiger charge is -2.07. The largest absolute Gasteiger partial charge is 0.465 e. The minimum atomic E-state index is -0.533. The van der Waals surface area contributed by atoms with Crippen LogP contribution in [0.3, 0.4) is 0 Å². The molecule has 1 N–H and O–H groups in total. The van der Waals surface area contributed by atoms with E-state index in [1.54, 1.807) is 48.5 Å². The Kier molecular flexibility index (Phi) is 5.91. The Balaban J connectivity index is 1.87. The molecule has 1 amide bonds. The second-order valence-corrected chi connectivity index (χ2v) is 6.18. The van der Waals surface area contributed by atoms with Gasteiger partial charge in [-0.05, 0) is 36.8 Å². The summed E-state index contributed by atoms with van der Waals surface area (Å²) in [6, 6.07) is 19.3. The van der Waals surface area contributed by atoms with Gasteiger partial charge in [-0.25, -0.2) is 4.79 Å². The molecule has 2 aromatic carbocycles. The quantitative estimate of drug-likeness (QED) is 0.393. The molecule has 1 aromatic heterocycles. The van der Waals surface area contributed by atoms with Gasteiger partial charge in [-0.3, -0.25) is 4.79 Å². The van der Waals surface area contributed by atoms with Gasteiger partial charge >= 0.3 is 5.97 Å². The predicted octanol–water partition coefficient (Wildman–Crippen LogP) is 4.59. The lowest BCUT2D eigenvalue weighted by molar-refractivity contribution is -0.112. The topological polar surface area (TPSA) is 92.3 Å². The number of para-hydroxylation sites is 1. The number of nitrogens with zero attached hydrogens (tertiary/aromatic N) is 1. The number of hydrogen-bond donors (Lipinski definition) is 1. The van der Waals surface area contributed by atoms with Crippen molar-refractivity contribution >= 4 is 23.6 Å². The van der Waals surface area contributed by atoms with Gasteiger partial charge in [-0.1, -0.05) is 36.4 Å². The van der Waals surface area contributed by atoms with Crippen LogP contribution in [-0.4, -0.2) is 19.0 Å². The van der Waals surface area contributed by atoms with Crippen molar-refractivity contribution in [3.63, 3.8) is 0 Å². The number of furan rings is 1. The van der Waals surface area contributed by atoms with Crippen LogP contribution in [0, 0.1) is 18.3 Å². The number of nitrogens with one attached hydrogen (secondary N) is 1. The molecule has 144 valence electrons. The molecule has 3 rings (SSSR count). The summed E-state index contributed by atoms with van der Waals surface area (Å²) in [5, 5.41) is 12.1. The number of carbonyl (C=O) groups is 2. The number of carbonyl (C=O) groups excluding carboxylic acids is 2. The van der Waals surface area contributed by atoms with Crippen molar-refractivity contribution in [3.05, 3.63) is 83.1 Å². The highest BCUT2D eigenvalue weighted by atomic mass is 16.5. The zero-order chi connectivity index (χ0) is 20.8. The molecule has 0 atom stereocenters. The SMILES string of the molecule is COC(=O)c1ccccc1-c1ccc(/C=C(\C#N)C(=O)Nc2ccccc2C)o1. The number of rotatable bonds is 5. The van der Waals surface area contributed by atoms with Crippen molar-refractivity contribution in [2.45, 2.75) is 6.92 Å². The van der Waals surface area contributed by atoms with Crippen LogP contribution in [0.15, 0.2) is 70.7 Å². The molecule has 0 bridgehead atoms. The Morgan fingerprint density at radius 3 is 2.52 bits per heavy atom. The van der Waals surface area contributed by atoms with Gasteiger partial charge in [0.15, 0.2) is 0 Å². The second kappa shape index (κ2) is 8.72. The summed E-state index contributed by atoms with van der Waals surface area (Å²) < 4.78 is 10.5. The first-order chi connectivity index (χ1) is 14.0. The first-order valence-electron chi connectivity index (χ1n) is 8.80. The van der Waals surface area contributed by atoms with E-state index in [-0.39, 0.29) is 5.57 Å². The fraction of sp³-hybridized carbons (Fsp3) is 0.0870. The number of ether oxygens (including phenoxy) is 1. The Hall–Kier alpha value is -4.11. The van der Waals surface area contributed by atoms with Crippen LogP contribution < -0.4 is 5.32 Å². The van der Waals surface area contributed by atoms with Crippen molar-refractivity contribution in [1.82, 2.24) is 0 Å². The van der Waals surface area contributed by atoms with E-state index in [0.29, 0.717) is 28.3 Å². The Morgan fingerprint density at radius 1 is 1.07 bits per heavy atom. The Bertz CT molecular complexity index is 1140. The minimum Gasteiger partial charge on any atom is -0.465 e. The second-order valence-electron chi connectivity index (χ2n) is 6.18. The number of esters is 1. The molecule has 0 spiro atoms. The van der Waals surface area contributed by atoms with E-state index < -0.39 is 11.9 Å². The fourth-order valence-corrected chi connectivity index (χ4v) is 2.75. The predicted molar refractivity (Wildman–Crippen MR) is 109 cm³/mol. The summed E-state index contributed by atoms with van der Waals surface area (Å²) in [6.45, 7) is 1.86. The first-order valence-corrected chi connectivity index (χ1v) is 8.80. The van der Waals surface area contributed by atoms with E-state index in [4.69, 9.17) is 9.15 Å². The van der Waals surface area contributed by atoms with Gasteiger partial charge < -0.3 is 14.5 Å². The number of nitriles is 1. The highest BCUT2D eigenvalue weighted by Gasteiger charge is 2.16. The van der Waals surface area contributed by atoms with E-state index in [1.807, 2.05) is 25.1 Å². The van der Waals surface area contributed by atoms with E-state index >= 15 is 0 Å². The summed E-state index contributed by atoms with van der Waals surface area (Å²) in [4.78, 5) is 24.4.